The van der Waals surface area contributed by atoms with Gasteiger partial charge in [0.25, 0.3) is 0 Å². The molecule has 1 aromatic rings. The highest BCUT2D eigenvalue weighted by atomic mass is 16.5. The van der Waals surface area contributed by atoms with E-state index in [-0.39, 0.29) is 5.60 Å². The number of fused-ring (bicyclic) bond motifs is 1. The first-order chi connectivity index (χ1) is 7.29. The molecule has 1 unspecified atom stereocenters. The highest BCUT2D eigenvalue weighted by Gasteiger charge is 2.36. The van der Waals surface area contributed by atoms with E-state index >= 15 is 0 Å². The van der Waals surface area contributed by atoms with Crippen molar-refractivity contribution in [3.63, 3.8) is 0 Å². The van der Waals surface area contributed by atoms with Gasteiger partial charge in [-0.05, 0) is 25.1 Å². The van der Waals surface area contributed by atoms with Crippen molar-refractivity contribution in [2.45, 2.75) is 18.9 Å². The molecule has 2 heteroatoms. The molecule has 2 aliphatic rings. The van der Waals surface area contributed by atoms with Crippen LogP contribution in [0.5, 0.6) is 5.75 Å². The minimum Gasteiger partial charge on any atom is -0.481 e. The van der Waals surface area contributed by atoms with Gasteiger partial charge in [-0.1, -0.05) is 24.3 Å². The molecule has 1 spiro atoms. The summed E-state index contributed by atoms with van der Waals surface area (Å²) in [7, 11) is 0. The lowest BCUT2D eigenvalue weighted by Crippen LogP contribution is -2.37. The second kappa shape index (κ2) is 3.11. The second-order valence-corrected chi connectivity index (χ2v) is 4.42. The number of aryl methyl sites for hydroxylation is 1. The van der Waals surface area contributed by atoms with Crippen molar-refractivity contribution in [3.05, 3.63) is 35.4 Å². The van der Waals surface area contributed by atoms with Crippen LogP contribution < -0.4 is 10.1 Å². The quantitative estimate of drug-likeness (QED) is 0.694. The van der Waals surface area contributed by atoms with Gasteiger partial charge in [0.1, 0.15) is 11.4 Å². The fourth-order valence-electron chi connectivity index (χ4n) is 2.34. The zero-order valence-electron chi connectivity index (χ0n) is 8.92. The number of benzene rings is 1. The molecule has 2 heterocycles. The molecule has 3 rings (SSSR count). The Hall–Kier alpha value is -1.28. The van der Waals surface area contributed by atoms with Crippen molar-refractivity contribution in [2.75, 3.05) is 13.1 Å². The van der Waals surface area contributed by atoms with Crippen LogP contribution >= 0.6 is 0 Å². The molecule has 1 aromatic carbocycles. The number of rotatable bonds is 0. The van der Waals surface area contributed by atoms with Crippen LogP contribution in [0.15, 0.2) is 24.3 Å². The monoisotopic (exact) mass is 201 g/mol. The van der Waals surface area contributed by atoms with Gasteiger partial charge in [0.05, 0.1) is 0 Å². The predicted octanol–water partition coefficient (Wildman–Crippen LogP) is 2.13. The minimum atomic E-state index is -0.0842. The Morgan fingerprint density at radius 1 is 1.40 bits per heavy atom. The van der Waals surface area contributed by atoms with E-state index in [4.69, 9.17) is 4.74 Å². The Bertz CT molecular complexity index is 417. The van der Waals surface area contributed by atoms with Gasteiger partial charge in [0.15, 0.2) is 0 Å². The first-order valence-electron chi connectivity index (χ1n) is 5.48. The van der Waals surface area contributed by atoms with Crippen LogP contribution in [0.1, 0.15) is 17.5 Å². The fourth-order valence-corrected chi connectivity index (χ4v) is 2.34. The Balaban J connectivity index is 2.05. The first-order valence-corrected chi connectivity index (χ1v) is 5.48. The highest BCUT2D eigenvalue weighted by molar-refractivity contribution is 5.63. The first kappa shape index (κ1) is 8.98. The molecular weight excluding hydrogens is 186 g/mol. The molecule has 2 nitrogen and oxygen atoms in total. The van der Waals surface area contributed by atoms with E-state index < -0.39 is 0 Å². The lowest BCUT2D eigenvalue weighted by molar-refractivity contribution is 0.138. The van der Waals surface area contributed by atoms with Crippen LogP contribution in [0.25, 0.3) is 6.08 Å². The fraction of sp³-hybridized carbons (Fsp3) is 0.385. The number of para-hydroxylation sites is 1. The second-order valence-electron chi connectivity index (χ2n) is 4.42. The summed E-state index contributed by atoms with van der Waals surface area (Å²) in [6, 6.07) is 6.29. The van der Waals surface area contributed by atoms with Crippen LogP contribution in [-0.4, -0.2) is 18.7 Å². The molecule has 0 aliphatic carbocycles. The molecule has 1 N–H and O–H groups in total. The van der Waals surface area contributed by atoms with Crippen molar-refractivity contribution < 1.29 is 4.74 Å². The zero-order valence-corrected chi connectivity index (χ0v) is 8.92. The topological polar surface area (TPSA) is 21.3 Å². The van der Waals surface area contributed by atoms with Gasteiger partial charge in [0, 0.05) is 18.5 Å². The van der Waals surface area contributed by atoms with Gasteiger partial charge < -0.3 is 10.1 Å². The summed E-state index contributed by atoms with van der Waals surface area (Å²) in [6.45, 7) is 4.08. The van der Waals surface area contributed by atoms with E-state index in [1.165, 1.54) is 11.1 Å². The van der Waals surface area contributed by atoms with Gasteiger partial charge in [-0.2, -0.15) is 0 Å². The molecule has 78 valence electrons. The third kappa shape index (κ3) is 1.37. The average molecular weight is 201 g/mol. The van der Waals surface area contributed by atoms with Crippen molar-refractivity contribution in [2.24, 2.45) is 0 Å². The minimum absolute atomic E-state index is 0.0842. The third-order valence-corrected chi connectivity index (χ3v) is 3.26. The molecule has 0 saturated carbocycles. The molecule has 1 saturated heterocycles. The number of nitrogens with one attached hydrogen (secondary N) is 1. The van der Waals surface area contributed by atoms with E-state index in [9.17, 15) is 0 Å². The molecule has 2 aliphatic heterocycles. The van der Waals surface area contributed by atoms with Crippen LogP contribution in [0.3, 0.4) is 0 Å². The van der Waals surface area contributed by atoms with Crippen molar-refractivity contribution in [1.29, 1.82) is 0 Å². The standard InChI is InChI=1S/C13H15NO/c1-10-3-2-4-11-5-6-13(15-12(10)11)7-8-14-9-13/h2-6,14H,7-9H2,1H3. The summed E-state index contributed by atoms with van der Waals surface area (Å²) in [6.07, 6.45) is 5.46. The molecule has 1 fully saturated rings. The summed E-state index contributed by atoms with van der Waals surface area (Å²) in [5.74, 6) is 1.06. The maximum Gasteiger partial charge on any atom is 0.141 e. The smallest absolute Gasteiger partial charge is 0.141 e. The SMILES string of the molecule is Cc1cccc2c1OC1(C=C2)CCNC1. The Labute approximate surface area is 89.9 Å². The lowest BCUT2D eigenvalue weighted by Gasteiger charge is -2.31. The largest absolute Gasteiger partial charge is 0.481 e. The third-order valence-electron chi connectivity index (χ3n) is 3.26. The van der Waals surface area contributed by atoms with Gasteiger partial charge in [-0.25, -0.2) is 0 Å². The lowest BCUT2D eigenvalue weighted by atomic mass is 9.96. The molecule has 0 aromatic heterocycles. The molecule has 0 amide bonds. The van der Waals surface area contributed by atoms with Crippen LogP contribution in [-0.2, 0) is 0 Å². The summed E-state index contributed by atoms with van der Waals surface area (Å²) in [5, 5.41) is 3.36. The van der Waals surface area contributed by atoms with Crippen molar-refractivity contribution >= 4 is 6.08 Å². The molecule has 0 bridgehead atoms. The van der Waals surface area contributed by atoms with Crippen LogP contribution in [0.2, 0.25) is 0 Å². The molecule has 1 atom stereocenters. The summed E-state index contributed by atoms with van der Waals surface area (Å²) < 4.78 is 6.16. The van der Waals surface area contributed by atoms with Gasteiger partial charge in [0.2, 0.25) is 0 Å². The average Bonchev–Trinajstić information content (AvgIpc) is 2.68. The van der Waals surface area contributed by atoms with Crippen molar-refractivity contribution in [1.82, 2.24) is 5.32 Å². The Morgan fingerprint density at radius 2 is 2.33 bits per heavy atom. The van der Waals surface area contributed by atoms with Crippen molar-refractivity contribution in [3.8, 4) is 5.75 Å². The number of hydrogen-bond donors (Lipinski definition) is 1. The van der Waals surface area contributed by atoms with Crippen LogP contribution in [0, 0.1) is 6.92 Å². The summed E-state index contributed by atoms with van der Waals surface area (Å²) in [5.41, 5.74) is 2.34. The van der Waals surface area contributed by atoms with E-state index in [2.05, 4.69) is 42.6 Å². The van der Waals surface area contributed by atoms with Gasteiger partial charge >= 0.3 is 0 Å². The Kier molecular flexibility index (Phi) is 1.86. The van der Waals surface area contributed by atoms with Gasteiger partial charge in [-0.3, -0.25) is 0 Å². The summed E-state index contributed by atoms with van der Waals surface area (Å²) >= 11 is 0. The van der Waals surface area contributed by atoms with Crippen LogP contribution in [0.4, 0.5) is 0 Å². The molecule has 15 heavy (non-hydrogen) atoms. The number of ether oxygens (including phenoxy) is 1. The summed E-state index contributed by atoms with van der Waals surface area (Å²) in [4.78, 5) is 0. The molecular formula is C13H15NO. The van der Waals surface area contributed by atoms with E-state index in [0.717, 1.165) is 25.3 Å². The van der Waals surface area contributed by atoms with E-state index in [1.807, 2.05) is 0 Å². The zero-order chi connectivity index (χ0) is 10.3. The van der Waals surface area contributed by atoms with Gasteiger partial charge in [-0.15, -0.1) is 0 Å². The Morgan fingerprint density at radius 3 is 3.13 bits per heavy atom. The normalized spacial score (nSPS) is 27.8. The van der Waals surface area contributed by atoms with E-state index in [0.29, 0.717) is 0 Å². The maximum atomic E-state index is 6.16. The number of hydrogen-bond acceptors (Lipinski definition) is 2. The highest BCUT2D eigenvalue weighted by Crippen LogP contribution is 2.36. The molecule has 0 radical (unpaired) electrons. The maximum absolute atomic E-state index is 6.16. The van der Waals surface area contributed by atoms with E-state index in [1.54, 1.807) is 0 Å². The predicted molar refractivity (Wildman–Crippen MR) is 61.1 cm³/mol.